The number of halogens is 2. The van der Waals surface area contributed by atoms with Gasteiger partial charge in [-0.2, -0.15) is 46.0 Å². The summed E-state index contributed by atoms with van der Waals surface area (Å²) in [7, 11) is 0. The molecule has 0 N–H and O–H groups in total. The van der Waals surface area contributed by atoms with Crippen LogP contribution in [-0.4, -0.2) is 0 Å². The van der Waals surface area contributed by atoms with Gasteiger partial charge in [0.05, 0.1) is 0 Å². The van der Waals surface area contributed by atoms with Gasteiger partial charge in [-0.1, -0.05) is 66.7 Å². The average molecular weight is 461 g/mol. The zero-order valence-electron chi connectivity index (χ0n) is 16.6. The van der Waals surface area contributed by atoms with Gasteiger partial charge in [-0.05, 0) is 0 Å². The molecule has 0 unspecified atom stereocenters. The third-order valence-corrected chi connectivity index (χ3v) is 4.14. The summed E-state index contributed by atoms with van der Waals surface area (Å²) < 4.78 is 0. The van der Waals surface area contributed by atoms with Crippen LogP contribution in [-0.2, 0) is 58.3 Å². The molecule has 0 saturated heterocycles. The quantitative estimate of drug-likeness (QED) is 0.449. The van der Waals surface area contributed by atoms with Gasteiger partial charge in [0, 0.05) is 0 Å². The van der Waals surface area contributed by atoms with Crippen molar-refractivity contribution >= 4 is 0 Å². The van der Waals surface area contributed by atoms with E-state index in [-0.39, 0.29) is 51.0 Å². The van der Waals surface area contributed by atoms with Crippen LogP contribution < -0.4 is 24.8 Å². The van der Waals surface area contributed by atoms with Crippen LogP contribution in [0.25, 0.3) is 0 Å². The maximum atomic E-state index is 3.00. The molecule has 0 heterocycles. The van der Waals surface area contributed by atoms with Crippen molar-refractivity contribution in [3.63, 3.8) is 0 Å². The Hall–Kier alpha value is -0.0969. The Morgan fingerprint density at radius 2 is 1.12 bits per heavy atom. The molecule has 2 rings (SSSR count). The Balaban J connectivity index is -0.000000188. The Morgan fingerprint density at radius 1 is 0.760 bits per heavy atom. The number of rotatable bonds is 5. The Labute approximate surface area is 188 Å². The molecule has 0 spiro atoms. The van der Waals surface area contributed by atoms with Gasteiger partial charge in [0.25, 0.3) is 0 Å². The Bertz CT molecular complexity index is 389. The first-order valence-electron chi connectivity index (χ1n) is 8.72. The van der Waals surface area contributed by atoms with E-state index in [1.54, 1.807) is 27.8 Å². The minimum atomic E-state index is 0. The van der Waals surface area contributed by atoms with E-state index in [0.29, 0.717) is 0 Å². The van der Waals surface area contributed by atoms with Crippen LogP contribution in [0, 0.1) is 0 Å². The van der Waals surface area contributed by atoms with E-state index in [1.807, 2.05) is 30.3 Å². The molecule has 0 radical (unpaired) electrons. The van der Waals surface area contributed by atoms with Crippen molar-refractivity contribution in [2.45, 2.75) is 66.7 Å². The second-order valence-electron chi connectivity index (χ2n) is 5.12. The van der Waals surface area contributed by atoms with Crippen LogP contribution >= 0.6 is 0 Å². The molecular weight excluding hydrogens is 426 g/mol. The average Bonchev–Trinajstić information content (AvgIpc) is 3.24. The summed E-state index contributed by atoms with van der Waals surface area (Å²) in [5, 5.41) is 0. The van der Waals surface area contributed by atoms with E-state index >= 15 is 0 Å². The summed E-state index contributed by atoms with van der Waals surface area (Å²) in [6.45, 7) is 17.5. The van der Waals surface area contributed by atoms with Gasteiger partial charge in [0.15, 0.2) is 0 Å². The molecule has 0 saturated carbocycles. The summed E-state index contributed by atoms with van der Waals surface area (Å²) in [6.07, 6.45) is 6.04. The molecule has 0 atom stereocenters. The summed E-state index contributed by atoms with van der Waals surface area (Å²) in [6, 6.07) is 10.0. The zero-order chi connectivity index (χ0) is 17.0. The van der Waals surface area contributed by atoms with Crippen molar-refractivity contribution in [3.05, 3.63) is 71.3 Å². The molecular formula is C22H34Cl2Zr. The second-order valence-corrected chi connectivity index (χ2v) is 5.12. The van der Waals surface area contributed by atoms with Crippen molar-refractivity contribution in [2.75, 3.05) is 0 Å². The van der Waals surface area contributed by atoms with Crippen molar-refractivity contribution in [1.82, 2.24) is 0 Å². The maximum Gasteiger partial charge on any atom is 4.00 e. The van der Waals surface area contributed by atoms with Gasteiger partial charge in [-0.15, -0.1) is 13.2 Å². The third-order valence-electron chi connectivity index (χ3n) is 4.14. The molecule has 0 nitrogen and oxygen atoms in total. The first-order chi connectivity index (χ1) is 10.7. The first kappa shape index (κ1) is 32.6. The van der Waals surface area contributed by atoms with Crippen LogP contribution in [0.15, 0.2) is 43.5 Å². The molecule has 140 valence electrons. The molecule has 0 fully saturated rings. The van der Waals surface area contributed by atoms with Gasteiger partial charge in [-0.25, -0.2) is 12.1 Å². The minimum absolute atomic E-state index is 0. The predicted molar refractivity (Wildman–Crippen MR) is 102 cm³/mol. The van der Waals surface area contributed by atoms with Crippen LogP contribution in [0.3, 0.4) is 0 Å². The summed E-state index contributed by atoms with van der Waals surface area (Å²) in [5.74, 6) is 0. The Kier molecular flexibility index (Phi) is 26.3. The van der Waals surface area contributed by atoms with Crippen molar-refractivity contribution in [3.8, 4) is 0 Å². The standard InChI is InChI=1S/C15H25.C5H5.C2H4.2ClH.Zr/c1-6-11-12(7-2)14(9-4)15(10-5)13(11)8-3;1-2-4-5-3-1;1-2;;;/h6-10H2,1-5H3;1-5H;1-2H2;2*1H;/q2*-1;;;;+4/p-2. The van der Waals surface area contributed by atoms with Gasteiger partial charge in [-0.3, -0.25) is 0 Å². The van der Waals surface area contributed by atoms with E-state index in [0.717, 1.165) is 0 Å². The largest absolute Gasteiger partial charge is 4.00 e. The zero-order valence-corrected chi connectivity index (χ0v) is 20.6. The monoisotopic (exact) mass is 458 g/mol. The molecule has 0 aliphatic heterocycles. The summed E-state index contributed by atoms with van der Waals surface area (Å²) >= 11 is 0. The molecule has 0 aliphatic carbocycles. The van der Waals surface area contributed by atoms with E-state index in [9.17, 15) is 0 Å². The smallest absolute Gasteiger partial charge is 1.00 e. The molecule has 2 aromatic carbocycles. The predicted octanol–water partition coefficient (Wildman–Crippen LogP) is 0.431. The van der Waals surface area contributed by atoms with Crippen LogP contribution in [0.1, 0.15) is 62.4 Å². The third kappa shape index (κ3) is 9.41. The Morgan fingerprint density at radius 3 is 1.28 bits per heavy atom. The summed E-state index contributed by atoms with van der Waals surface area (Å²) in [4.78, 5) is 0. The fourth-order valence-corrected chi connectivity index (χ4v) is 3.37. The maximum absolute atomic E-state index is 3.00. The van der Waals surface area contributed by atoms with Gasteiger partial charge in [0.1, 0.15) is 0 Å². The van der Waals surface area contributed by atoms with E-state index in [4.69, 9.17) is 0 Å². The van der Waals surface area contributed by atoms with E-state index in [2.05, 4.69) is 47.8 Å². The molecule has 25 heavy (non-hydrogen) atoms. The van der Waals surface area contributed by atoms with Crippen molar-refractivity contribution in [1.29, 1.82) is 0 Å². The van der Waals surface area contributed by atoms with Crippen LogP contribution in [0.2, 0.25) is 0 Å². The fraction of sp³-hybridized carbons (Fsp3) is 0.455. The van der Waals surface area contributed by atoms with E-state index in [1.165, 1.54) is 32.1 Å². The summed E-state index contributed by atoms with van der Waals surface area (Å²) in [5.41, 5.74) is 8.30. The van der Waals surface area contributed by atoms with Gasteiger partial charge < -0.3 is 24.8 Å². The topological polar surface area (TPSA) is 0 Å². The van der Waals surface area contributed by atoms with Crippen LogP contribution in [0.5, 0.6) is 0 Å². The van der Waals surface area contributed by atoms with Gasteiger partial charge in [0.2, 0.25) is 0 Å². The number of hydrogen-bond acceptors (Lipinski definition) is 0. The molecule has 0 aliphatic rings. The normalized spacial score (nSPS) is 8.36. The molecule has 0 aromatic heterocycles. The van der Waals surface area contributed by atoms with Gasteiger partial charge >= 0.3 is 26.2 Å². The minimum Gasteiger partial charge on any atom is -1.00 e. The number of hydrogen-bond donors (Lipinski definition) is 0. The van der Waals surface area contributed by atoms with Crippen molar-refractivity contribution in [2.24, 2.45) is 0 Å². The fourth-order valence-electron chi connectivity index (χ4n) is 3.37. The molecule has 0 bridgehead atoms. The second kappa shape index (κ2) is 20.2. The SMILES string of the molecule is C=C.CCc1c(CC)c(CC)[c-](CC)c1CC.[Cl-].[Cl-].[Zr+4].c1cc[cH-]c1. The van der Waals surface area contributed by atoms with E-state index < -0.39 is 0 Å². The molecule has 3 heteroatoms. The van der Waals surface area contributed by atoms with Crippen molar-refractivity contribution < 1.29 is 51.0 Å². The first-order valence-corrected chi connectivity index (χ1v) is 8.72. The molecule has 0 amide bonds. The van der Waals surface area contributed by atoms with Crippen LogP contribution in [0.4, 0.5) is 0 Å². The molecule has 2 aromatic rings.